The van der Waals surface area contributed by atoms with Gasteiger partial charge in [0.25, 0.3) is 0 Å². The number of esters is 1. The van der Waals surface area contributed by atoms with Crippen LogP contribution in [-0.4, -0.2) is 17.1 Å². The third-order valence-corrected chi connectivity index (χ3v) is 5.89. The fourth-order valence-corrected chi connectivity index (χ4v) is 4.09. The molecule has 0 unspecified atom stereocenters. The van der Waals surface area contributed by atoms with E-state index in [1.807, 2.05) is 41.8 Å². The van der Waals surface area contributed by atoms with Crippen LogP contribution in [0.15, 0.2) is 72.8 Å². The standard InChI is InChI=1S/C27H22Cl2FNO3/c1-3-33-27(32)18-5-4-6-22(13-18)31-17(2)7-11-25(31)23-14-20(28)9-12-26(23)34-16-19-8-10-21(30)15-24(19)29/h4-15H,3,16H2,1-2H3. The third kappa shape index (κ3) is 5.11. The van der Waals surface area contributed by atoms with Crippen molar-refractivity contribution in [3.63, 3.8) is 0 Å². The largest absolute Gasteiger partial charge is 0.488 e. The molecule has 0 radical (unpaired) electrons. The van der Waals surface area contributed by atoms with E-state index >= 15 is 0 Å². The van der Waals surface area contributed by atoms with E-state index in [-0.39, 0.29) is 12.6 Å². The van der Waals surface area contributed by atoms with Crippen molar-refractivity contribution in [1.82, 2.24) is 4.57 Å². The molecule has 0 aliphatic carbocycles. The minimum absolute atomic E-state index is 0.159. The summed E-state index contributed by atoms with van der Waals surface area (Å²) in [7, 11) is 0. The maximum Gasteiger partial charge on any atom is 0.338 e. The number of halogens is 3. The predicted octanol–water partition coefficient (Wildman–Crippen LogP) is 7.65. The Balaban J connectivity index is 1.73. The second-order valence-electron chi connectivity index (χ2n) is 7.63. The van der Waals surface area contributed by atoms with Crippen LogP contribution in [0.25, 0.3) is 16.9 Å². The quantitative estimate of drug-likeness (QED) is 0.246. The fourth-order valence-electron chi connectivity index (χ4n) is 3.70. The van der Waals surface area contributed by atoms with Gasteiger partial charge in [0.05, 0.1) is 22.9 Å². The summed E-state index contributed by atoms with van der Waals surface area (Å²) < 4.78 is 26.7. The summed E-state index contributed by atoms with van der Waals surface area (Å²) in [4.78, 5) is 12.3. The number of aryl methyl sites for hydroxylation is 1. The van der Waals surface area contributed by atoms with Crippen molar-refractivity contribution in [1.29, 1.82) is 0 Å². The van der Waals surface area contributed by atoms with Gasteiger partial charge in [-0.25, -0.2) is 9.18 Å². The molecule has 4 rings (SSSR count). The molecule has 0 aliphatic rings. The average molecular weight is 498 g/mol. The van der Waals surface area contributed by atoms with Gasteiger partial charge in [0.1, 0.15) is 18.2 Å². The number of aromatic nitrogens is 1. The lowest BCUT2D eigenvalue weighted by Crippen LogP contribution is -2.07. The minimum atomic E-state index is -0.403. The Morgan fingerprint density at radius 1 is 1.00 bits per heavy atom. The molecule has 3 aromatic carbocycles. The summed E-state index contributed by atoms with van der Waals surface area (Å²) >= 11 is 12.5. The first-order chi connectivity index (χ1) is 16.4. The van der Waals surface area contributed by atoms with E-state index in [0.717, 1.165) is 22.6 Å². The molecule has 0 fully saturated rings. The predicted molar refractivity (Wildman–Crippen MR) is 133 cm³/mol. The molecule has 0 bridgehead atoms. The first-order valence-electron chi connectivity index (χ1n) is 10.7. The van der Waals surface area contributed by atoms with Crippen molar-refractivity contribution >= 4 is 29.2 Å². The first kappa shape index (κ1) is 23.9. The van der Waals surface area contributed by atoms with E-state index in [1.54, 1.807) is 37.3 Å². The summed E-state index contributed by atoms with van der Waals surface area (Å²) in [5, 5.41) is 0.846. The molecule has 4 aromatic rings. The van der Waals surface area contributed by atoms with E-state index in [9.17, 15) is 9.18 Å². The Morgan fingerprint density at radius 3 is 2.59 bits per heavy atom. The molecule has 0 saturated heterocycles. The molecule has 1 aromatic heterocycles. The SMILES string of the molecule is CCOC(=O)c1cccc(-n2c(C)ccc2-c2cc(Cl)ccc2OCc2ccc(F)cc2Cl)c1. The highest BCUT2D eigenvalue weighted by Gasteiger charge is 2.17. The van der Waals surface area contributed by atoms with Gasteiger partial charge in [-0.15, -0.1) is 0 Å². The van der Waals surface area contributed by atoms with Gasteiger partial charge in [0.2, 0.25) is 0 Å². The van der Waals surface area contributed by atoms with Crippen LogP contribution in [0.4, 0.5) is 4.39 Å². The minimum Gasteiger partial charge on any atom is -0.488 e. The van der Waals surface area contributed by atoms with Crippen molar-refractivity contribution in [3.8, 4) is 22.7 Å². The highest BCUT2D eigenvalue weighted by Crippen LogP contribution is 2.36. The number of carbonyl (C=O) groups excluding carboxylic acids is 1. The zero-order valence-electron chi connectivity index (χ0n) is 18.6. The Hall–Kier alpha value is -3.28. The normalized spacial score (nSPS) is 10.9. The smallest absolute Gasteiger partial charge is 0.338 e. The molecular weight excluding hydrogens is 476 g/mol. The summed E-state index contributed by atoms with van der Waals surface area (Å²) in [5.41, 5.74) is 4.49. The van der Waals surface area contributed by atoms with Crippen LogP contribution in [0.3, 0.4) is 0 Å². The van der Waals surface area contributed by atoms with E-state index < -0.39 is 5.82 Å². The van der Waals surface area contributed by atoms with Gasteiger partial charge in [-0.2, -0.15) is 0 Å². The van der Waals surface area contributed by atoms with Crippen LogP contribution < -0.4 is 4.74 Å². The summed E-state index contributed by atoms with van der Waals surface area (Å²) in [6, 6.07) is 20.8. The number of hydrogen-bond donors (Lipinski definition) is 0. The van der Waals surface area contributed by atoms with Gasteiger partial charge in [0, 0.05) is 27.5 Å². The second-order valence-corrected chi connectivity index (χ2v) is 8.47. The zero-order chi connectivity index (χ0) is 24.2. The molecule has 174 valence electrons. The number of rotatable bonds is 7. The summed E-state index contributed by atoms with van der Waals surface area (Å²) in [6.07, 6.45) is 0. The van der Waals surface area contributed by atoms with Crippen molar-refractivity contribution in [2.75, 3.05) is 6.61 Å². The Kier molecular flexibility index (Phi) is 7.25. The third-order valence-electron chi connectivity index (χ3n) is 5.31. The van der Waals surface area contributed by atoms with Crippen LogP contribution in [0.2, 0.25) is 10.0 Å². The molecule has 4 nitrogen and oxygen atoms in total. The molecule has 1 heterocycles. The molecule has 0 spiro atoms. The number of carbonyl (C=O) groups is 1. The Bertz CT molecular complexity index is 1350. The van der Waals surface area contributed by atoms with Gasteiger partial charge in [-0.05, 0) is 74.5 Å². The lowest BCUT2D eigenvalue weighted by atomic mass is 10.1. The average Bonchev–Trinajstić information content (AvgIpc) is 3.20. The van der Waals surface area contributed by atoms with Crippen molar-refractivity contribution in [2.24, 2.45) is 0 Å². The Labute approximate surface area is 207 Å². The van der Waals surface area contributed by atoms with E-state index in [4.69, 9.17) is 32.7 Å². The maximum atomic E-state index is 13.4. The van der Waals surface area contributed by atoms with Crippen LogP contribution in [0.5, 0.6) is 5.75 Å². The van der Waals surface area contributed by atoms with Gasteiger partial charge in [0.15, 0.2) is 0 Å². The Morgan fingerprint density at radius 2 is 1.82 bits per heavy atom. The molecule has 0 N–H and O–H groups in total. The molecule has 34 heavy (non-hydrogen) atoms. The topological polar surface area (TPSA) is 40.5 Å². The van der Waals surface area contributed by atoms with Crippen LogP contribution in [0.1, 0.15) is 28.5 Å². The second kappa shape index (κ2) is 10.3. The molecule has 0 saturated carbocycles. The summed E-state index contributed by atoms with van der Waals surface area (Å²) in [5.74, 6) is -0.191. The van der Waals surface area contributed by atoms with Crippen molar-refractivity contribution in [3.05, 3.63) is 105 Å². The van der Waals surface area contributed by atoms with E-state index in [0.29, 0.717) is 33.5 Å². The van der Waals surface area contributed by atoms with Crippen molar-refractivity contribution < 1.29 is 18.7 Å². The summed E-state index contributed by atoms with van der Waals surface area (Å²) in [6.45, 7) is 4.21. The highest BCUT2D eigenvalue weighted by molar-refractivity contribution is 6.31. The molecular formula is C27H22Cl2FNO3. The fraction of sp³-hybridized carbons (Fsp3) is 0.148. The molecule has 7 heteroatoms. The first-order valence-corrected chi connectivity index (χ1v) is 11.5. The molecule has 0 atom stereocenters. The zero-order valence-corrected chi connectivity index (χ0v) is 20.2. The monoisotopic (exact) mass is 497 g/mol. The van der Waals surface area contributed by atoms with Crippen LogP contribution in [-0.2, 0) is 11.3 Å². The molecule has 0 aliphatic heterocycles. The van der Waals surface area contributed by atoms with Gasteiger partial charge >= 0.3 is 5.97 Å². The molecule has 0 amide bonds. The van der Waals surface area contributed by atoms with Crippen molar-refractivity contribution in [2.45, 2.75) is 20.5 Å². The lowest BCUT2D eigenvalue weighted by Gasteiger charge is -2.17. The number of ether oxygens (including phenoxy) is 2. The van der Waals surface area contributed by atoms with Gasteiger partial charge in [-0.3, -0.25) is 0 Å². The number of nitrogens with zero attached hydrogens (tertiary/aromatic N) is 1. The van der Waals surface area contributed by atoms with Gasteiger partial charge < -0.3 is 14.0 Å². The lowest BCUT2D eigenvalue weighted by molar-refractivity contribution is 0.0526. The van der Waals surface area contributed by atoms with Crippen LogP contribution in [0, 0.1) is 12.7 Å². The van der Waals surface area contributed by atoms with Crippen LogP contribution >= 0.6 is 23.2 Å². The highest BCUT2D eigenvalue weighted by atomic mass is 35.5. The van der Waals surface area contributed by atoms with E-state index in [1.165, 1.54) is 12.1 Å². The number of hydrogen-bond acceptors (Lipinski definition) is 3. The maximum absolute atomic E-state index is 13.4. The van der Waals surface area contributed by atoms with Gasteiger partial charge in [-0.1, -0.05) is 35.3 Å². The number of benzene rings is 3. The van der Waals surface area contributed by atoms with E-state index in [2.05, 4.69) is 0 Å².